The highest BCUT2D eigenvalue weighted by molar-refractivity contribution is 5.96. The summed E-state index contributed by atoms with van der Waals surface area (Å²) < 4.78 is 0. The molecule has 0 fully saturated rings. The molecule has 7 nitrogen and oxygen atoms in total. The van der Waals surface area contributed by atoms with Crippen LogP contribution in [0.3, 0.4) is 0 Å². The molecule has 0 bridgehead atoms. The zero-order chi connectivity index (χ0) is 20.6. The van der Waals surface area contributed by atoms with Crippen molar-refractivity contribution in [2.24, 2.45) is 5.41 Å². The number of aryl methyl sites for hydroxylation is 1. The number of anilines is 3. The van der Waals surface area contributed by atoms with Gasteiger partial charge in [-0.3, -0.25) is 10.2 Å². The van der Waals surface area contributed by atoms with Crippen LogP contribution in [0.25, 0.3) is 22.0 Å². The van der Waals surface area contributed by atoms with Crippen molar-refractivity contribution < 1.29 is 0 Å². The standard InChI is InChI=1S/C22H23N7/c1-13-18(12-25-27-13)26-19-11-14(6-8-24-19)16-9-15(5-7-22(2,3)4)20-17(10-16)21(23)29-28-20/h6,8-12H,1-4H3,(H,24,26)(H,25,27)(H3,23,28,29). The molecule has 1 aromatic carbocycles. The van der Waals surface area contributed by atoms with Gasteiger partial charge < -0.3 is 11.1 Å². The van der Waals surface area contributed by atoms with E-state index in [1.54, 1.807) is 6.20 Å². The Morgan fingerprint density at radius 1 is 1.10 bits per heavy atom. The first-order valence-electron chi connectivity index (χ1n) is 9.35. The molecule has 0 aliphatic rings. The van der Waals surface area contributed by atoms with Crippen LogP contribution in [-0.2, 0) is 0 Å². The van der Waals surface area contributed by atoms with E-state index in [4.69, 9.17) is 5.73 Å². The van der Waals surface area contributed by atoms with Gasteiger partial charge >= 0.3 is 0 Å². The number of nitrogens with one attached hydrogen (secondary N) is 3. The summed E-state index contributed by atoms with van der Waals surface area (Å²) in [7, 11) is 0. The highest BCUT2D eigenvalue weighted by Gasteiger charge is 2.12. The highest BCUT2D eigenvalue weighted by Crippen LogP contribution is 2.31. The van der Waals surface area contributed by atoms with Gasteiger partial charge in [0.25, 0.3) is 0 Å². The van der Waals surface area contributed by atoms with Crippen molar-refractivity contribution in [3.05, 3.63) is 47.9 Å². The summed E-state index contributed by atoms with van der Waals surface area (Å²) in [5.74, 6) is 7.77. The number of nitrogens with two attached hydrogens (primary N) is 1. The summed E-state index contributed by atoms with van der Waals surface area (Å²) in [5.41, 5.74) is 11.5. The molecule has 0 radical (unpaired) electrons. The van der Waals surface area contributed by atoms with Crippen molar-refractivity contribution in [1.82, 2.24) is 25.4 Å². The lowest BCUT2D eigenvalue weighted by Gasteiger charge is -2.09. The van der Waals surface area contributed by atoms with Crippen LogP contribution >= 0.6 is 0 Å². The Kier molecular flexibility index (Phi) is 4.47. The van der Waals surface area contributed by atoms with Gasteiger partial charge in [0.05, 0.1) is 22.5 Å². The van der Waals surface area contributed by atoms with Crippen LogP contribution in [0.5, 0.6) is 0 Å². The number of hydrogen-bond donors (Lipinski definition) is 4. The fourth-order valence-corrected chi connectivity index (χ4v) is 2.96. The third-order valence-corrected chi connectivity index (χ3v) is 4.46. The van der Waals surface area contributed by atoms with E-state index in [0.29, 0.717) is 5.82 Å². The van der Waals surface area contributed by atoms with Crippen molar-refractivity contribution in [2.45, 2.75) is 27.7 Å². The molecule has 146 valence electrons. The Hall–Kier alpha value is -3.79. The Morgan fingerprint density at radius 3 is 2.66 bits per heavy atom. The van der Waals surface area contributed by atoms with Crippen molar-refractivity contribution >= 4 is 28.2 Å². The molecule has 0 aliphatic carbocycles. The van der Waals surface area contributed by atoms with Crippen LogP contribution in [0.1, 0.15) is 32.0 Å². The molecule has 3 aromatic heterocycles. The summed E-state index contributed by atoms with van der Waals surface area (Å²) in [6.45, 7) is 8.18. The molecular formula is C22H23N7. The number of pyridine rings is 1. The van der Waals surface area contributed by atoms with E-state index in [-0.39, 0.29) is 5.41 Å². The van der Waals surface area contributed by atoms with Crippen LogP contribution in [0.2, 0.25) is 0 Å². The van der Waals surface area contributed by atoms with Crippen molar-refractivity contribution in [3.63, 3.8) is 0 Å². The largest absolute Gasteiger partial charge is 0.382 e. The third kappa shape index (κ3) is 3.92. The van der Waals surface area contributed by atoms with E-state index in [9.17, 15) is 0 Å². The number of nitrogens with zero attached hydrogens (tertiary/aromatic N) is 3. The SMILES string of the molecule is Cc1n[nH]cc1Nc1cc(-c2cc(C#CC(C)(C)C)c3[nH]nc(N)c3c2)ccn1. The Bertz CT molecular complexity index is 1250. The second-order valence-corrected chi connectivity index (χ2v) is 7.99. The van der Waals surface area contributed by atoms with Crippen LogP contribution < -0.4 is 11.1 Å². The molecule has 0 saturated heterocycles. The second kappa shape index (κ2) is 6.99. The molecular weight excluding hydrogens is 362 g/mol. The zero-order valence-corrected chi connectivity index (χ0v) is 16.9. The summed E-state index contributed by atoms with van der Waals surface area (Å²) in [4.78, 5) is 4.42. The van der Waals surface area contributed by atoms with Crippen LogP contribution in [0, 0.1) is 24.2 Å². The maximum atomic E-state index is 6.09. The maximum Gasteiger partial charge on any atom is 0.153 e. The molecule has 4 aromatic rings. The van der Waals surface area contributed by atoms with E-state index in [1.165, 1.54) is 0 Å². The molecule has 29 heavy (non-hydrogen) atoms. The molecule has 0 amide bonds. The van der Waals surface area contributed by atoms with Gasteiger partial charge in [-0.15, -0.1) is 0 Å². The van der Waals surface area contributed by atoms with Gasteiger partial charge in [-0.2, -0.15) is 10.2 Å². The third-order valence-electron chi connectivity index (χ3n) is 4.46. The van der Waals surface area contributed by atoms with Crippen molar-refractivity contribution in [3.8, 4) is 23.0 Å². The zero-order valence-electron chi connectivity index (χ0n) is 16.9. The Morgan fingerprint density at radius 2 is 1.93 bits per heavy atom. The molecule has 0 aliphatic heterocycles. The minimum atomic E-state index is -0.107. The molecule has 3 heterocycles. The van der Waals surface area contributed by atoms with Gasteiger partial charge in [-0.1, -0.05) is 11.8 Å². The number of fused-ring (bicyclic) bond motifs is 1. The molecule has 0 spiro atoms. The van der Waals surface area contributed by atoms with Crippen molar-refractivity contribution in [2.75, 3.05) is 11.1 Å². The average Bonchev–Trinajstić information content (AvgIpc) is 3.25. The lowest BCUT2D eigenvalue weighted by atomic mass is 9.96. The normalized spacial score (nSPS) is 11.3. The predicted octanol–water partition coefficient (Wildman–Crippen LogP) is 4.38. The summed E-state index contributed by atoms with van der Waals surface area (Å²) >= 11 is 0. The lowest BCUT2D eigenvalue weighted by Crippen LogP contribution is -1.99. The number of aromatic nitrogens is 5. The van der Waals surface area contributed by atoms with Crippen LogP contribution in [0.4, 0.5) is 17.3 Å². The van der Waals surface area contributed by atoms with E-state index < -0.39 is 0 Å². The van der Waals surface area contributed by atoms with Gasteiger partial charge in [0.2, 0.25) is 0 Å². The van der Waals surface area contributed by atoms with E-state index in [1.807, 2.05) is 31.3 Å². The molecule has 4 rings (SSSR count). The first kappa shape index (κ1) is 18.6. The number of hydrogen-bond acceptors (Lipinski definition) is 5. The monoisotopic (exact) mass is 385 g/mol. The fourth-order valence-electron chi connectivity index (χ4n) is 2.96. The predicted molar refractivity (Wildman–Crippen MR) is 117 cm³/mol. The quantitative estimate of drug-likeness (QED) is 0.391. The minimum absolute atomic E-state index is 0.107. The number of nitrogen functional groups attached to an aromatic ring is 1. The summed E-state index contributed by atoms with van der Waals surface area (Å²) in [5, 5.41) is 18.3. The molecule has 0 atom stereocenters. The fraction of sp³-hybridized carbons (Fsp3) is 0.227. The number of H-pyrrole nitrogens is 2. The van der Waals surface area contributed by atoms with Crippen molar-refractivity contribution in [1.29, 1.82) is 0 Å². The maximum absolute atomic E-state index is 6.09. The van der Waals surface area contributed by atoms with Crippen LogP contribution in [-0.4, -0.2) is 25.4 Å². The highest BCUT2D eigenvalue weighted by atomic mass is 15.2. The first-order chi connectivity index (χ1) is 13.8. The second-order valence-electron chi connectivity index (χ2n) is 7.99. The van der Waals surface area contributed by atoms with Gasteiger partial charge in [0, 0.05) is 23.2 Å². The first-order valence-corrected chi connectivity index (χ1v) is 9.35. The molecule has 0 unspecified atom stereocenters. The number of benzene rings is 1. The van der Waals surface area contributed by atoms with E-state index >= 15 is 0 Å². The lowest BCUT2D eigenvalue weighted by molar-refractivity contribution is 0.571. The topological polar surface area (TPSA) is 108 Å². The summed E-state index contributed by atoms with van der Waals surface area (Å²) in [6.07, 6.45) is 3.58. The van der Waals surface area contributed by atoms with Gasteiger partial charge in [0.1, 0.15) is 5.82 Å². The molecule has 7 heteroatoms. The Balaban J connectivity index is 1.79. The molecule has 0 saturated carbocycles. The van der Waals surface area contributed by atoms with Gasteiger partial charge in [0.15, 0.2) is 5.82 Å². The van der Waals surface area contributed by atoms with Crippen LogP contribution in [0.15, 0.2) is 36.7 Å². The Labute approximate surface area is 169 Å². The van der Waals surface area contributed by atoms with Gasteiger partial charge in [-0.05, 0) is 63.1 Å². The average molecular weight is 385 g/mol. The number of aromatic amines is 2. The molecule has 5 N–H and O–H groups in total. The van der Waals surface area contributed by atoms with E-state index in [2.05, 4.69) is 69.4 Å². The number of rotatable bonds is 3. The smallest absolute Gasteiger partial charge is 0.153 e. The summed E-state index contributed by atoms with van der Waals surface area (Å²) in [6, 6.07) is 8.04. The van der Waals surface area contributed by atoms with E-state index in [0.717, 1.165) is 44.8 Å². The van der Waals surface area contributed by atoms with Gasteiger partial charge in [-0.25, -0.2) is 4.98 Å². The minimum Gasteiger partial charge on any atom is -0.382 e.